The number of anilines is 5. The van der Waals surface area contributed by atoms with Crippen LogP contribution in [0.15, 0.2) is 36.4 Å². The number of carbonyl (C=O) groups is 2. The van der Waals surface area contributed by atoms with Crippen LogP contribution in [-0.4, -0.2) is 68.8 Å². The van der Waals surface area contributed by atoms with E-state index in [1.165, 1.54) is 4.90 Å². The summed E-state index contributed by atoms with van der Waals surface area (Å²) in [5.74, 6) is 1.69. The van der Waals surface area contributed by atoms with E-state index in [2.05, 4.69) is 47.5 Å². The summed E-state index contributed by atoms with van der Waals surface area (Å²) in [4.78, 5) is 35.5. The maximum absolute atomic E-state index is 12.5. The summed E-state index contributed by atoms with van der Waals surface area (Å²) >= 11 is 0. The molecule has 0 bridgehead atoms. The van der Waals surface area contributed by atoms with Gasteiger partial charge in [0.15, 0.2) is 5.82 Å². The van der Waals surface area contributed by atoms with E-state index in [0.717, 1.165) is 16.9 Å². The van der Waals surface area contributed by atoms with Crippen molar-refractivity contribution >= 4 is 41.1 Å². The van der Waals surface area contributed by atoms with Crippen molar-refractivity contribution in [3.8, 4) is 6.07 Å². The first-order valence-electron chi connectivity index (χ1n) is 14.4. The van der Waals surface area contributed by atoms with Crippen molar-refractivity contribution in [1.29, 1.82) is 5.26 Å². The lowest BCUT2D eigenvalue weighted by Gasteiger charge is -2.26. The van der Waals surface area contributed by atoms with E-state index < -0.39 is 11.7 Å². The number of aromatic amines is 1. The minimum Gasteiger partial charge on any atom is -0.444 e. The normalized spacial score (nSPS) is 10.5. The van der Waals surface area contributed by atoms with Gasteiger partial charge in [-0.1, -0.05) is 32.9 Å². The molecular formula is C30H44N10O3. The van der Waals surface area contributed by atoms with Crippen LogP contribution in [0.1, 0.15) is 59.2 Å². The van der Waals surface area contributed by atoms with Crippen molar-refractivity contribution in [2.75, 3.05) is 42.1 Å². The lowest BCUT2D eigenvalue weighted by atomic mass is 10.1. The molecule has 13 nitrogen and oxygen atoms in total. The molecule has 0 radical (unpaired) electrons. The van der Waals surface area contributed by atoms with Gasteiger partial charge in [0.25, 0.3) is 0 Å². The van der Waals surface area contributed by atoms with Crippen molar-refractivity contribution < 1.29 is 14.3 Å². The largest absolute Gasteiger partial charge is 0.444 e. The van der Waals surface area contributed by atoms with Crippen molar-refractivity contribution in [3.05, 3.63) is 47.7 Å². The fourth-order valence-electron chi connectivity index (χ4n) is 3.65. The first-order valence-corrected chi connectivity index (χ1v) is 14.4. The average molecular weight is 593 g/mol. The van der Waals surface area contributed by atoms with E-state index in [9.17, 15) is 9.59 Å². The average Bonchev–Trinajstić information content (AvgIpc) is 3.36. The highest BCUT2D eigenvalue weighted by Crippen LogP contribution is 2.21. The molecule has 3 rings (SSSR count). The highest BCUT2D eigenvalue weighted by atomic mass is 16.6. The fraction of sp³-hybridized carbons (Fsp3) is 0.467. The number of carbonyl (C=O) groups excluding carboxylic acids is 2. The number of hydrogen-bond acceptors (Lipinski definition) is 10. The van der Waals surface area contributed by atoms with Crippen molar-refractivity contribution in [3.63, 3.8) is 0 Å². The number of amides is 2. The van der Waals surface area contributed by atoms with E-state index in [4.69, 9.17) is 10.00 Å². The number of nitrogens with zero attached hydrogens (tertiary/aromatic N) is 5. The van der Waals surface area contributed by atoms with Crippen LogP contribution in [0.3, 0.4) is 0 Å². The lowest BCUT2D eigenvalue weighted by Crippen LogP contribution is -2.44. The minimum absolute atomic E-state index is 0.0887. The topological polar surface area (TPSA) is 173 Å². The molecule has 0 saturated heterocycles. The van der Waals surface area contributed by atoms with Gasteiger partial charge in [0.05, 0.1) is 12.5 Å². The molecule has 0 unspecified atom stereocenters. The van der Waals surface area contributed by atoms with Gasteiger partial charge in [-0.25, -0.2) is 4.79 Å². The summed E-state index contributed by atoms with van der Waals surface area (Å²) in [5, 5.41) is 28.3. The van der Waals surface area contributed by atoms with Crippen molar-refractivity contribution in [2.45, 2.75) is 66.9 Å². The van der Waals surface area contributed by atoms with Crippen molar-refractivity contribution in [1.82, 2.24) is 30.4 Å². The molecule has 0 aliphatic heterocycles. The molecule has 2 aromatic heterocycles. The van der Waals surface area contributed by atoms with Gasteiger partial charge >= 0.3 is 6.09 Å². The molecule has 232 valence electrons. The van der Waals surface area contributed by atoms with Crippen molar-refractivity contribution in [2.24, 2.45) is 0 Å². The van der Waals surface area contributed by atoms with Crippen LogP contribution in [0.2, 0.25) is 0 Å². The second-order valence-corrected chi connectivity index (χ2v) is 10.4. The van der Waals surface area contributed by atoms with E-state index >= 15 is 0 Å². The Labute approximate surface area is 253 Å². The predicted molar refractivity (Wildman–Crippen MR) is 169 cm³/mol. The Morgan fingerprint density at radius 2 is 1.72 bits per heavy atom. The third-order valence-electron chi connectivity index (χ3n) is 5.41. The second-order valence-electron chi connectivity index (χ2n) is 10.4. The molecule has 1 aromatic carbocycles. The Morgan fingerprint density at radius 3 is 2.33 bits per heavy atom. The number of benzene rings is 1. The van der Waals surface area contributed by atoms with Gasteiger partial charge in [-0.05, 0) is 51.8 Å². The molecule has 43 heavy (non-hydrogen) atoms. The summed E-state index contributed by atoms with van der Waals surface area (Å²) < 4.78 is 5.41. The van der Waals surface area contributed by atoms with E-state index in [1.54, 1.807) is 26.8 Å². The molecule has 0 saturated carbocycles. The van der Waals surface area contributed by atoms with Crippen LogP contribution < -0.4 is 21.3 Å². The fourth-order valence-corrected chi connectivity index (χ4v) is 3.65. The molecule has 13 heteroatoms. The van der Waals surface area contributed by atoms with E-state index in [0.29, 0.717) is 55.9 Å². The molecule has 0 fully saturated rings. The third-order valence-corrected chi connectivity index (χ3v) is 5.41. The SMILES string of the molecule is CC.CCCN(CC(=O)NCCNc1cc(Nc2cc(C)[nH]n2)nc(Nc2ccc(CC#N)cc2)n1)C(=O)OC(C)(C)C. The molecule has 0 aliphatic rings. The number of rotatable bonds is 13. The van der Waals surface area contributed by atoms with Gasteiger partial charge in [-0.15, -0.1) is 0 Å². The molecule has 5 N–H and O–H groups in total. The summed E-state index contributed by atoms with van der Waals surface area (Å²) in [5.41, 5.74) is 1.94. The van der Waals surface area contributed by atoms with Crippen LogP contribution in [0.4, 0.5) is 33.9 Å². The summed E-state index contributed by atoms with van der Waals surface area (Å²) in [6.45, 7) is 14.2. The van der Waals surface area contributed by atoms with Crippen LogP contribution in [0, 0.1) is 18.3 Å². The molecule has 0 atom stereocenters. The Kier molecular flexibility index (Phi) is 13.7. The highest BCUT2D eigenvalue weighted by molar-refractivity contribution is 5.82. The number of ether oxygens (including phenoxy) is 1. The maximum Gasteiger partial charge on any atom is 0.410 e. The lowest BCUT2D eigenvalue weighted by molar-refractivity contribution is -0.122. The first-order chi connectivity index (χ1) is 20.5. The Bertz CT molecular complexity index is 1340. The predicted octanol–water partition coefficient (Wildman–Crippen LogP) is 5.26. The monoisotopic (exact) mass is 592 g/mol. The Balaban J connectivity index is 0.00000316. The number of aromatic nitrogens is 4. The van der Waals surface area contributed by atoms with Gasteiger partial charge in [0.2, 0.25) is 11.9 Å². The number of aryl methyl sites for hydroxylation is 1. The zero-order chi connectivity index (χ0) is 31.8. The van der Waals surface area contributed by atoms with Gasteiger partial charge in [-0.3, -0.25) is 14.8 Å². The van der Waals surface area contributed by atoms with Gasteiger partial charge in [-0.2, -0.15) is 20.3 Å². The zero-order valence-electron chi connectivity index (χ0n) is 26.2. The molecule has 2 amide bonds. The third kappa shape index (κ3) is 12.7. The smallest absolute Gasteiger partial charge is 0.410 e. The van der Waals surface area contributed by atoms with Crippen LogP contribution in [-0.2, 0) is 16.0 Å². The molecule has 3 aromatic rings. The van der Waals surface area contributed by atoms with Crippen LogP contribution in [0.25, 0.3) is 0 Å². The maximum atomic E-state index is 12.5. The van der Waals surface area contributed by atoms with E-state index in [-0.39, 0.29) is 12.5 Å². The Morgan fingerprint density at radius 1 is 1.02 bits per heavy atom. The second kappa shape index (κ2) is 17.2. The molecular weight excluding hydrogens is 548 g/mol. The standard InChI is InChI=1S/C28H38N10O3.C2H6/c1-6-15-38(27(40)41-28(3,4)5)18-25(39)31-14-13-30-22-17-23(33-24-16-19(2)36-37-24)35-26(34-22)32-21-9-7-20(8-10-21)11-12-29;1-2/h7-10,16-17H,6,11,13-15,18H2,1-5H3,(H,31,39)(H4,30,32,33,34,35,36,37);1-2H3. The molecule has 0 spiro atoms. The Hall–Kier alpha value is -4.86. The molecule has 0 aliphatic carbocycles. The number of H-pyrrole nitrogens is 1. The van der Waals surface area contributed by atoms with Gasteiger partial charge in [0, 0.05) is 43.1 Å². The van der Waals surface area contributed by atoms with Crippen LogP contribution >= 0.6 is 0 Å². The number of nitrogens with one attached hydrogen (secondary N) is 5. The van der Waals surface area contributed by atoms with Gasteiger partial charge in [0.1, 0.15) is 23.8 Å². The quantitative estimate of drug-likeness (QED) is 0.165. The van der Waals surface area contributed by atoms with Crippen LogP contribution in [0.5, 0.6) is 0 Å². The van der Waals surface area contributed by atoms with E-state index in [1.807, 2.05) is 58.0 Å². The van der Waals surface area contributed by atoms with Gasteiger partial charge < -0.3 is 26.0 Å². The summed E-state index contributed by atoms with van der Waals surface area (Å²) in [7, 11) is 0. The molecule has 2 heterocycles. The number of nitriles is 1. The zero-order valence-corrected chi connectivity index (χ0v) is 26.2. The number of hydrogen-bond donors (Lipinski definition) is 5. The summed E-state index contributed by atoms with van der Waals surface area (Å²) in [6.07, 6.45) is 0.526. The summed E-state index contributed by atoms with van der Waals surface area (Å²) in [6, 6.07) is 13.2. The highest BCUT2D eigenvalue weighted by Gasteiger charge is 2.23. The first kappa shape index (κ1) is 34.3. The minimum atomic E-state index is -0.640.